The van der Waals surface area contributed by atoms with E-state index in [0.29, 0.717) is 0 Å². The van der Waals surface area contributed by atoms with Crippen molar-refractivity contribution in [2.24, 2.45) is 0 Å². The molecule has 14 heavy (non-hydrogen) atoms. The minimum atomic E-state index is 0.155. The summed E-state index contributed by atoms with van der Waals surface area (Å²) in [6, 6.07) is 3.79. The molecule has 2 rings (SSSR count). The van der Waals surface area contributed by atoms with Crippen LogP contribution in [0.1, 0.15) is 9.67 Å². The molecule has 0 radical (unpaired) electrons. The molecule has 1 saturated heterocycles. The predicted octanol–water partition coefficient (Wildman–Crippen LogP) is 1.56. The molecule has 1 aromatic rings. The van der Waals surface area contributed by atoms with Gasteiger partial charge in [-0.05, 0) is 28.1 Å². The van der Waals surface area contributed by atoms with Crippen LogP contribution in [0.15, 0.2) is 15.9 Å². The maximum atomic E-state index is 11.9. The van der Waals surface area contributed by atoms with Crippen LogP contribution in [0.25, 0.3) is 0 Å². The summed E-state index contributed by atoms with van der Waals surface area (Å²) in [5.41, 5.74) is 0. The zero-order valence-electron chi connectivity index (χ0n) is 7.62. The minimum Gasteiger partial charge on any atom is -0.335 e. The van der Waals surface area contributed by atoms with E-state index in [4.69, 9.17) is 0 Å². The fourth-order valence-electron chi connectivity index (χ4n) is 1.45. The van der Waals surface area contributed by atoms with Crippen LogP contribution >= 0.6 is 27.3 Å². The molecule has 0 saturated carbocycles. The summed E-state index contributed by atoms with van der Waals surface area (Å²) in [4.78, 5) is 14.6. The van der Waals surface area contributed by atoms with E-state index in [1.165, 1.54) is 11.3 Å². The fraction of sp³-hybridized carbons (Fsp3) is 0.444. The van der Waals surface area contributed by atoms with Gasteiger partial charge >= 0.3 is 0 Å². The lowest BCUT2D eigenvalue weighted by atomic mass is 10.3. The number of nitrogens with zero attached hydrogens (tertiary/aromatic N) is 1. The third kappa shape index (κ3) is 2.16. The van der Waals surface area contributed by atoms with Crippen molar-refractivity contribution >= 4 is 33.2 Å². The summed E-state index contributed by atoms with van der Waals surface area (Å²) < 4.78 is 1.01. The number of carbonyl (C=O) groups excluding carboxylic acids is 1. The van der Waals surface area contributed by atoms with Gasteiger partial charge in [-0.1, -0.05) is 0 Å². The van der Waals surface area contributed by atoms with Crippen molar-refractivity contribution in [1.29, 1.82) is 0 Å². The molecule has 1 aliphatic heterocycles. The Morgan fingerprint density at radius 3 is 2.71 bits per heavy atom. The molecule has 3 nitrogen and oxygen atoms in total. The van der Waals surface area contributed by atoms with Crippen LogP contribution in [0.5, 0.6) is 0 Å². The van der Waals surface area contributed by atoms with Gasteiger partial charge in [0.1, 0.15) is 0 Å². The lowest BCUT2D eigenvalue weighted by Gasteiger charge is -2.26. The molecular formula is C9H11BrN2OS. The highest BCUT2D eigenvalue weighted by molar-refractivity contribution is 9.11. The van der Waals surface area contributed by atoms with Gasteiger partial charge in [-0.2, -0.15) is 0 Å². The molecule has 1 aliphatic rings. The van der Waals surface area contributed by atoms with Gasteiger partial charge in [0.05, 0.1) is 8.66 Å². The lowest BCUT2D eigenvalue weighted by Crippen LogP contribution is -2.46. The lowest BCUT2D eigenvalue weighted by molar-refractivity contribution is 0.0740. The second-order valence-electron chi connectivity index (χ2n) is 3.15. The largest absolute Gasteiger partial charge is 0.335 e. The third-order valence-electron chi connectivity index (χ3n) is 2.19. The predicted molar refractivity (Wildman–Crippen MR) is 60.8 cm³/mol. The zero-order valence-corrected chi connectivity index (χ0v) is 10.0. The van der Waals surface area contributed by atoms with E-state index in [9.17, 15) is 4.79 Å². The van der Waals surface area contributed by atoms with Crippen LogP contribution in [0.2, 0.25) is 0 Å². The molecule has 76 valence electrons. The van der Waals surface area contributed by atoms with Crippen LogP contribution in [0.4, 0.5) is 0 Å². The fourth-order valence-corrected chi connectivity index (χ4v) is 2.81. The average molecular weight is 275 g/mol. The first-order chi connectivity index (χ1) is 6.77. The molecule has 2 heterocycles. The molecule has 1 N–H and O–H groups in total. The number of nitrogens with one attached hydrogen (secondary N) is 1. The monoisotopic (exact) mass is 274 g/mol. The Hall–Kier alpha value is -0.390. The Labute approximate surface area is 95.2 Å². The van der Waals surface area contributed by atoms with E-state index in [1.54, 1.807) is 0 Å². The molecule has 0 bridgehead atoms. The van der Waals surface area contributed by atoms with Crippen LogP contribution in [0, 0.1) is 0 Å². The first-order valence-corrected chi connectivity index (χ1v) is 6.13. The number of amides is 1. The van der Waals surface area contributed by atoms with Crippen LogP contribution in [-0.4, -0.2) is 37.0 Å². The first kappa shape index (κ1) is 10.1. The maximum absolute atomic E-state index is 11.9. The van der Waals surface area contributed by atoms with Crippen molar-refractivity contribution in [2.75, 3.05) is 26.2 Å². The highest BCUT2D eigenvalue weighted by atomic mass is 79.9. The summed E-state index contributed by atoms with van der Waals surface area (Å²) >= 11 is 4.85. The molecule has 5 heteroatoms. The summed E-state index contributed by atoms with van der Waals surface area (Å²) in [6.45, 7) is 3.43. The van der Waals surface area contributed by atoms with E-state index in [0.717, 1.165) is 34.8 Å². The number of halogens is 1. The van der Waals surface area contributed by atoms with Gasteiger partial charge in [0.2, 0.25) is 0 Å². The minimum absolute atomic E-state index is 0.155. The average Bonchev–Trinajstić information content (AvgIpc) is 2.65. The van der Waals surface area contributed by atoms with Gasteiger partial charge in [0, 0.05) is 26.2 Å². The van der Waals surface area contributed by atoms with Crippen molar-refractivity contribution in [3.8, 4) is 0 Å². The topological polar surface area (TPSA) is 32.3 Å². The van der Waals surface area contributed by atoms with Gasteiger partial charge in [-0.15, -0.1) is 11.3 Å². The van der Waals surface area contributed by atoms with E-state index in [2.05, 4.69) is 21.2 Å². The van der Waals surface area contributed by atoms with Gasteiger partial charge in [0.25, 0.3) is 5.91 Å². The van der Waals surface area contributed by atoms with E-state index in [1.807, 2.05) is 17.0 Å². The number of rotatable bonds is 1. The van der Waals surface area contributed by atoms with Crippen molar-refractivity contribution in [3.05, 3.63) is 20.8 Å². The Balaban J connectivity index is 2.07. The number of hydrogen-bond acceptors (Lipinski definition) is 3. The van der Waals surface area contributed by atoms with Crippen LogP contribution in [0.3, 0.4) is 0 Å². The summed E-state index contributed by atoms with van der Waals surface area (Å²) in [5, 5.41) is 3.23. The Morgan fingerprint density at radius 1 is 1.43 bits per heavy atom. The van der Waals surface area contributed by atoms with E-state index < -0.39 is 0 Å². The standard InChI is InChI=1S/C9H11BrN2OS/c10-8-2-1-7(14-8)9(13)12-5-3-11-4-6-12/h1-2,11H,3-6H2. The first-order valence-electron chi connectivity index (χ1n) is 4.53. The molecule has 0 aliphatic carbocycles. The summed E-state index contributed by atoms with van der Waals surface area (Å²) in [6.07, 6.45) is 0. The molecule has 1 amide bonds. The molecule has 1 aromatic heterocycles. The quantitative estimate of drug-likeness (QED) is 0.843. The number of carbonyl (C=O) groups is 1. The molecular weight excluding hydrogens is 264 g/mol. The molecule has 0 atom stereocenters. The highest BCUT2D eigenvalue weighted by Crippen LogP contribution is 2.23. The highest BCUT2D eigenvalue weighted by Gasteiger charge is 2.18. The second-order valence-corrected chi connectivity index (χ2v) is 5.61. The smallest absolute Gasteiger partial charge is 0.264 e. The molecule has 0 unspecified atom stereocenters. The Kier molecular flexibility index (Phi) is 3.20. The summed E-state index contributed by atoms with van der Waals surface area (Å²) in [5.74, 6) is 0.155. The number of piperazine rings is 1. The molecule has 0 spiro atoms. The van der Waals surface area contributed by atoms with Crippen molar-refractivity contribution in [3.63, 3.8) is 0 Å². The van der Waals surface area contributed by atoms with Gasteiger partial charge in [0.15, 0.2) is 0 Å². The van der Waals surface area contributed by atoms with Crippen molar-refractivity contribution < 1.29 is 4.79 Å². The van der Waals surface area contributed by atoms with E-state index >= 15 is 0 Å². The van der Waals surface area contributed by atoms with Crippen molar-refractivity contribution in [2.45, 2.75) is 0 Å². The number of thiophene rings is 1. The van der Waals surface area contributed by atoms with Gasteiger partial charge in [-0.3, -0.25) is 4.79 Å². The van der Waals surface area contributed by atoms with Gasteiger partial charge in [-0.25, -0.2) is 0 Å². The Bertz CT molecular complexity index is 333. The molecule has 0 aromatic carbocycles. The van der Waals surface area contributed by atoms with Crippen LogP contribution in [-0.2, 0) is 0 Å². The normalized spacial score (nSPS) is 17.1. The third-order valence-corrected chi connectivity index (χ3v) is 3.80. The van der Waals surface area contributed by atoms with Gasteiger partial charge < -0.3 is 10.2 Å². The zero-order chi connectivity index (χ0) is 9.97. The Morgan fingerprint density at radius 2 is 2.14 bits per heavy atom. The van der Waals surface area contributed by atoms with E-state index in [-0.39, 0.29) is 5.91 Å². The maximum Gasteiger partial charge on any atom is 0.264 e. The number of hydrogen-bond donors (Lipinski definition) is 1. The SMILES string of the molecule is O=C(c1ccc(Br)s1)N1CCNCC1. The van der Waals surface area contributed by atoms with Crippen molar-refractivity contribution in [1.82, 2.24) is 10.2 Å². The van der Waals surface area contributed by atoms with Crippen LogP contribution < -0.4 is 5.32 Å². The second kappa shape index (κ2) is 4.42. The molecule has 1 fully saturated rings. The summed E-state index contributed by atoms with van der Waals surface area (Å²) in [7, 11) is 0.